The Morgan fingerprint density at radius 2 is 1.84 bits per heavy atom. The first kappa shape index (κ1) is 21.1. The van der Waals surface area contributed by atoms with E-state index in [1.165, 1.54) is 12.8 Å². The van der Waals surface area contributed by atoms with Gasteiger partial charge in [0.25, 0.3) is 0 Å². The third-order valence-corrected chi connectivity index (χ3v) is 7.22. The number of methoxy groups -OCH3 is 2. The van der Waals surface area contributed by atoms with Crippen molar-refractivity contribution in [3.63, 3.8) is 0 Å². The van der Waals surface area contributed by atoms with Crippen molar-refractivity contribution in [1.29, 1.82) is 0 Å². The minimum Gasteiger partial charge on any atom is -0.495 e. The molecular formula is C25H31N3O4. The van der Waals surface area contributed by atoms with E-state index in [2.05, 4.69) is 15.2 Å². The van der Waals surface area contributed by atoms with Crippen molar-refractivity contribution in [2.45, 2.75) is 56.6 Å². The molecule has 3 heterocycles. The van der Waals surface area contributed by atoms with Crippen LogP contribution < -0.4 is 19.5 Å². The van der Waals surface area contributed by atoms with E-state index in [4.69, 9.17) is 14.2 Å². The number of hydrogen-bond donors (Lipinski definition) is 1. The van der Waals surface area contributed by atoms with Gasteiger partial charge in [-0.2, -0.15) is 0 Å². The lowest BCUT2D eigenvalue weighted by Crippen LogP contribution is -2.46. The van der Waals surface area contributed by atoms with Crippen LogP contribution in [0.4, 0.5) is 5.69 Å². The fraction of sp³-hybridized carbons (Fsp3) is 0.520. The van der Waals surface area contributed by atoms with Crippen LogP contribution in [0.3, 0.4) is 0 Å². The highest BCUT2D eigenvalue weighted by molar-refractivity contribution is 6.06. The second kappa shape index (κ2) is 8.62. The van der Waals surface area contributed by atoms with Crippen molar-refractivity contribution in [3.8, 4) is 17.2 Å². The van der Waals surface area contributed by atoms with Gasteiger partial charge in [-0.3, -0.25) is 14.7 Å². The Hall–Kier alpha value is -2.80. The number of fused-ring (bicyclic) bond motifs is 2. The summed E-state index contributed by atoms with van der Waals surface area (Å²) >= 11 is 0. The monoisotopic (exact) mass is 437 g/mol. The van der Waals surface area contributed by atoms with Gasteiger partial charge in [0.2, 0.25) is 5.91 Å². The molecule has 2 aliphatic heterocycles. The number of carbonyl (C=O) groups is 1. The number of ether oxygens (including phenoxy) is 3. The van der Waals surface area contributed by atoms with E-state index in [-0.39, 0.29) is 12.0 Å². The number of pyridine rings is 1. The normalized spacial score (nSPS) is 20.2. The minimum atomic E-state index is -0.502. The molecule has 0 bridgehead atoms. The standard InChI is InChI=1S/C25H31N3O4/c1-30-19-11-17(14-26-15-19)16-28-9-7-25(8-10-28)20-12-22(31-2)23(13-21(20)27-24(25)29)32-18-5-3-4-6-18/h11-15,18H,3-10,16H2,1-2H3,(H,27,29). The molecule has 0 unspecified atom stereocenters. The molecule has 2 aromatic rings. The Morgan fingerprint density at radius 3 is 2.56 bits per heavy atom. The van der Waals surface area contributed by atoms with E-state index in [9.17, 15) is 4.79 Å². The number of piperidine rings is 1. The molecular weight excluding hydrogens is 406 g/mol. The summed E-state index contributed by atoms with van der Waals surface area (Å²) in [6.45, 7) is 2.48. The molecule has 0 atom stereocenters. The molecule has 7 nitrogen and oxygen atoms in total. The molecule has 1 saturated heterocycles. The molecule has 32 heavy (non-hydrogen) atoms. The summed E-state index contributed by atoms with van der Waals surface area (Å²) in [5.41, 5.74) is 2.53. The minimum absolute atomic E-state index is 0.0928. The van der Waals surface area contributed by atoms with Crippen LogP contribution >= 0.6 is 0 Å². The zero-order valence-electron chi connectivity index (χ0n) is 18.9. The van der Waals surface area contributed by atoms with E-state index in [0.717, 1.165) is 79.4 Å². The second-order valence-corrected chi connectivity index (χ2v) is 9.12. The van der Waals surface area contributed by atoms with Gasteiger partial charge in [-0.25, -0.2) is 0 Å². The summed E-state index contributed by atoms with van der Waals surface area (Å²) in [4.78, 5) is 19.8. The number of carbonyl (C=O) groups excluding carboxylic acids is 1. The predicted molar refractivity (Wildman–Crippen MR) is 121 cm³/mol. The van der Waals surface area contributed by atoms with E-state index in [1.54, 1.807) is 20.4 Å². The van der Waals surface area contributed by atoms with Crippen LogP contribution in [-0.4, -0.2) is 49.2 Å². The molecule has 1 saturated carbocycles. The Morgan fingerprint density at radius 1 is 1.06 bits per heavy atom. The molecule has 1 aromatic heterocycles. The molecule has 1 aliphatic carbocycles. The van der Waals surface area contributed by atoms with Gasteiger partial charge in [-0.05, 0) is 74.9 Å². The van der Waals surface area contributed by atoms with E-state index >= 15 is 0 Å². The van der Waals surface area contributed by atoms with Gasteiger partial charge in [0.05, 0.1) is 31.9 Å². The molecule has 1 N–H and O–H groups in total. The highest BCUT2D eigenvalue weighted by Gasteiger charge is 2.49. The number of aromatic nitrogens is 1. The van der Waals surface area contributed by atoms with E-state index < -0.39 is 5.41 Å². The maximum Gasteiger partial charge on any atom is 0.235 e. The first-order valence-electron chi connectivity index (χ1n) is 11.5. The molecule has 7 heteroatoms. The Bertz CT molecular complexity index is 995. The molecule has 1 aromatic carbocycles. The highest BCUT2D eigenvalue weighted by Crippen LogP contribution is 2.49. The smallest absolute Gasteiger partial charge is 0.235 e. The van der Waals surface area contributed by atoms with Gasteiger partial charge in [-0.15, -0.1) is 0 Å². The fourth-order valence-corrected chi connectivity index (χ4v) is 5.37. The number of nitrogens with one attached hydrogen (secondary N) is 1. The molecule has 170 valence electrons. The molecule has 5 rings (SSSR count). The summed E-state index contributed by atoms with van der Waals surface area (Å²) in [6.07, 6.45) is 9.95. The maximum absolute atomic E-state index is 13.2. The molecule has 1 spiro atoms. The zero-order valence-corrected chi connectivity index (χ0v) is 18.9. The van der Waals surface area contributed by atoms with Gasteiger partial charge in [-0.1, -0.05) is 0 Å². The Labute approximate surface area is 189 Å². The van der Waals surface area contributed by atoms with E-state index in [0.29, 0.717) is 0 Å². The lowest BCUT2D eigenvalue weighted by Gasteiger charge is -2.38. The van der Waals surface area contributed by atoms with Crippen LogP contribution in [0, 0.1) is 0 Å². The summed E-state index contributed by atoms with van der Waals surface area (Å²) in [5.74, 6) is 2.31. The summed E-state index contributed by atoms with van der Waals surface area (Å²) < 4.78 is 17.2. The highest BCUT2D eigenvalue weighted by atomic mass is 16.5. The number of hydrogen-bond acceptors (Lipinski definition) is 6. The summed E-state index contributed by atoms with van der Waals surface area (Å²) in [6, 6.07) is 6.01. The molecule has 0 radical (unpaired) electrons. The van der Waals surface area contributed by atoms with Crippen LogP contribution in [0.15, 0.2) is 30.6 Å². The average Bonchev–Trinajstić information content (AvgIpc) is 3.41. The average molecular weight is 438 g/mol. The first-order valence-corrected chi connectivity index (χ1v) is 11.5. The quantitative estimate of drug-likeness (QED) is 0.739. The number of likely N-dealkylation sites (tertiary alicyclic amines) is 1. The molecule has 1 amide bonds. The van der Waals surface area contributed by atoms with Crippen molar-refractivity contribution in [3.05, 3.63) is 41.7 Å². The second-order valence-electron chi connectivity index (χ2n) is 9.12. The number of rotatable bonds is 6. The zero-order chi connectivity index (χ0) is 22.1. The van der Waals surface area contributed by atoms with E-state index in [1.807, 2.05) is 24.4 Å². The lowest BCUT2D eigenvalue weighted by molar-refractivity contribution is -0.122. The van der Waals surface area contributed by atoms with Crippen LogP contribution in [0.1, 0.15) is 49.7 Å². The van der Waals surface area contributed by atoms with Crippen molar-refractivity contribution < 1.29 is 19.0 Å². The lowest BCUT2D eigenvalue weighted by atomic mass is 9.73. The third-order valence-electron chi connectivity index (χ3n) is 7.22. The van der Waals surface area contributed by atoms with Gasteiger partial charge in [0, 0.05) is 24.5 Å². The number of anilines is 1. The van der Waals surface area contributed by atoms with Gasteiger partial charge >= 0.3 is 0 Å². The Balaban J connectivity index is 1.33. The van der Waals surface area contributed by atoms with Crippen molar-refractivity contribution in [2.24, 2.45) is 0 Å². The van der Waals surface area contributed by atoms with Gasteiger partial charge < -0.3 is 19.5 Å². The predicted octanol–water partition coefficient (Wildman–Crippen LogP) is 3.91. The third kappa shape index (κ3) is 3.79. The SMILES string of the molecule is COc1cncc(CN2CCC3(CC2)C(=O)Nc2cc(OC4CCCC4)c(OC)cc23)c1. The topological polar surface area (TPSA) is 72.9 Å². The van der Waals surface area contributed by atoms with Crippen LogP contribution in [0.2, 0.25) is 0 Å². The molecule has 2 fully saturated rings. The molecule has 3 aliphatic rings. The number of nitrogens with zero attached hydrogens (tertiary/aromatic N) is 2. The number of benzene rings is 1. The summed E-state index contributed by atoms with van der Waals surface area (Å²) in [7, 11) is 3.32. The van der Waals surface area contributed by atoms with Crippen LogP contribution in [-0.2, 0) is 16.8 Å². The van der Waals surface area contributed by atoms with Crippen molar-refractivity contribution >= 4 is 11.6 Å². The van der Waals surface area contributed by atoms with Gasteiger partial charge in [0.1, 0.15) is 5.75 Å². The van der Waals surface area contributed by atoms with Crippen molar-refractivity contribution in [1.82, 2.24) is 9.88 Å². The van der Waals surface area contributed by atoms with Crippen molar-refractivity contribution in [2.75, 3.05) is 32.6 Å². The fourth-order valence-electron chi connectivity index (χ4n) is 5.37. The Kier molecular flexibility index (Phi) is 5.67. The van der Waals surface area contributed by atoms with Crippen LogP contribution in [0.25, 0.3) is 0 Å². The maximum atomic E-state index is 13.2. The van der Waals surface area contributed by atoms with Crippen LogP contribution in [0.5, 0.6) is 17.2 Å². The first-order chi connectivity index (χ1) is 15.6. The summed E-state index contributed by atoms with van der Waals surface area (Å²) in [5, 5.41) is 3.13. The largest absolute Gasteiger partial charge is 0.495 e. The van der Waals surface area contributed by atoms with Gasteiger partial charge in [0.15, 0.2) is 11.5 Å². The number of amides is 1.